The first-order valence-corrected chi connectivity index (χ1v) is 5.68. The highest BCUT2D eigenvalue weighted by Gasteiger charge is 2.30. The van der Waals surface area contributed by atoms with Crippen molar-refractivity contribution in [3.05, 3.63) is 28.2 Å². The second-order valence-corrected chi connectivity index (χ2v) is 4.45. The van der Waals surface area contributed by atoms with Gasteiger partial charge in [0.25, 0.3) is 0 Å². The van der Waals surface area contributed by atoms with E-state index in [0.29, 0.717) is 10.2 Å². The predicted octanol–water partition coefficient (Wildman–Crippen LogP) is 1.80. The lowest BCUT2D eigenvalue weighted by atomic mass is 10.2. The summed E-state index contributed by atoms with van der Waals surface area (Å²) >= 11 is 3.10. The van der Waals surface area contributed by atoms with Crippen LogP contribution in [0.25, 0.3) is 0 Å². The van der Waals surface area contributed by atoms with Crippen LogP contribution in [0.4, 0.5) is 5.69 Å². The van der Waals surface area contributed by atoms with Crippen LogP contribution in [0.15, 0.2) is 22.7 Å². The molecule has 1 N–H and O–H groups in total. The van der Waals surface area contributed by atoms with Crippen molar-refractivity contribution in [1.82, 2.24) is 0 Å². The highest BCUT2D eigenvalue weighted by Crippen LogP contribution is 2.27. The number of carbonyl (C=O) groups is 3. The summed E-state index contributed by atoms with van der Waals surface area (Å²) in [6.45, 7) is 0. The third kappa shape index (κ3) is 2.08. The maximum absolute atomic E-state index is 11.5. The number of benzene rings is 1. The number of amides is 2. The highest BCUT2D eigenvalue weighted by molar-refractivity contribution is 9.10. The molecule has 0 aromatic heterocycles. The predicted molar refractivity (Wildman–Crippen MR) is 62.8 cm³/mol. The summed E-state index contributed by atoms with van der Waals surface area (Å²) in [4.78, 5) is 35.0. The van der Waals surface area contributed by atoms with Gasteiger partial charge in [0, 0.05) is 17.3 Å². The lowest BCUT2D eigenvalue weighted by Crippen LogP contribution is -2.28. The third-order valence-corrected chi connectivity index (χ3v) is 3.18. The van der Waals surface area contributed by atoms with Crippen molar-refractivity contribution in [1.29, 1.82) is 0 Å². The summed E-state index contributed by atoms with van der Waals surface area (Å²) in [6.07, 6.45) is 0.356. The topological polar surface area (TPSA) is 74.7 Å². The maximum atomic E-state index is 11.5. The fourth-order valence-corrected chi connectivity index (χ4v) is 2.10. The molecule has 1 aromatic carbocycles. The Kier molecular flexibility index (Phi) is 2.97. The van der Waals surface area contributed by atoms with Crippen LogP contribution in [0.5, 0.6) is 0 Å². The molecule has 0 aliphatic carbocycles. The molecule has 6 heteroatoms. The summed E-state index contributed by atoms with van der Waals surface area (Å²) in [5, 5.41) is 8.95. The molecular formula is C11H8BrNO4. The van der Waals surface area contributed by atoms with Crippen LogP contribution >= 0.6 is 15.9 Å². The van der Waals surface area contributed by atoms with Gasteiger partial charge >= 0.3 is 5.97 Å². The van der Waals surface area contributed by atoms with E-state index in [-0.39, 0.29) is 30.2 Å². The van der Waals surface area contributed by atoms with Gasteiger partial charge in [-0.05, 0) is 34.1 Å². The minimum atomic E-state index is -1.11. The number of aromatic carboxylic acids is 1. The molecule has 5 nitrogen and oxygen atoms in total. The van der Waals surface area contributed by atoms with Gasteiger partial charge < -0.3 is 5.11 Å². The Morgan fingerprint density at radius 3 is 2.35 bits per heavy atom. The Hall–Kier alpha value is -1.69. The van der Waals surface area contributed by atoms with E-state index in [0.717, 1.165) is 4.90 Å². The first-order chi connectivity index (χ1) is 8.00. The van der Waals surface area contributed by atoms with Gasteiger partial charge in [-0.2, -0.15) is 0 Å². The van der Waals surface area contributed by atoms with Crippen molar-refractivity contribution in [3.8, 4) is 0 Å². The molecule has 2 rings (SSSR count). The van der Waals surface area contributed by atoms with Gasteiger partial charge in [-0.15, -0.1) is 0 Å². The molecule has 1 fully saturated rings. The third-order valence-electron chi connectivity index (χ3n) is 2.49. The van der Waals surface area contributed by atoms with Crippen molar-refractivity contribution < 1.29 is 19.5 Å². The van der Waals surface area contributed by atoms with E-state index >= 15 is 0 Å². The molecule has 1 aromatic rings. The number of halogens is 1. The van der Waals surface area contributed by atoms with E-state index in [9.17, 15) is 14.4 Å². The van der Waals surface area contributed by atoms with E-state index in [1.54, 1.807) is 0 Å². The Balaban J connectivity index is 2.46. The number of carboxylic acids is 1. The van der Waals surface area contributed by atoms with Crippen LogP contribution in [0.2, 0.25) is 0 Å². The fourth-order valence-electron chi connectivity index (χ4n) is 1.68. The lowest BCUT2D eigenvalue weighted by molar-refractivity contribution is -0.121. The molecule has 0 radical (unpaired) electrons. The molecule has 0 spiro atoms. The van der Waals surface area contributed by atoms with Gasteiger partial charge in [-0.1, -0.05) is 0 Å². The summed E-state index contributed by atoms with van der Waals surface area (Å²) in [5.74, 6) is -1.71. The van der Waals surface area contributed by atoms with Gasteiger partial charge in [0.1, 0.15) is 0 Å². The number of anilines is 1. The summed E-state index contributed by atoms with van der Waals surface area (Å²) in [5.41, 5.74) is 0.327. The van der Waals surface area contributed by atoms with E-state index < -0.39 is 5.97 Å². The van der Waals surface area contributed by atoms with Gasteiger partial charge in [-0.25, -0.2) is 4.79 Å². The first-order valence-electron chi connectivity index (χ1n) is 4.89. The summed E-state index contributed by atoms with van der Waals surface area (Å²) in [7, 11) is 0. The minimum absolute atomic E-state index is 0.0231. The number of hydrogen-bond acceptors (Lipinski definition) is 3. The van der Waals surface area contributed by atoms with Gasteiger partial charge in [0.15, 0.2) is 0 Å². The standard InChI is InChI=1S/C11H8BrNO4/c12-8-2-1-6(5-7(8)11(16)17)13-9(14)3-4-10(13)15/h1-2,5H,3-4H2,(H,16,17). The molecule has 0 bridgehead atoms. The van der Waals surface area contributed by atoms with Crippen molar-refractivity contribution in [2.45, 2.75) is 12.8 Å². The van der Waals surface area contributed by atoms with Crippen molar-refractivity contribution in [2.75, 3.05) is 4.90 Å². The number of imide groups is 1. The lowest BCUT2D eigenvalue weighted by Gasteiger charge is -2.14. The zero-order valence-corrected chi connectivity index (χ0v) is 10.2. The van der Waals surface area contributed by atoms with Crippen LogP contribution in [-0.2, 0) is 9.59 Å². The van der Waals surface area contributed by atoms with Crippen LogP contribution in [-0.4, -0.2) is 22.9 Å². The zero-order chi connectivity index (χ0) is 12.6. The monoisotopic (exact) mass is 297 g/mol. The second-order valence-electron chi connectivity index (χ2n) is 3.59. The van der Waals surface area contributed by atoms with E-state index in [4.69, 9.17) is 5.11 Å². The van der Waals surface area contributed by atoms with E-state index in [1.165, 1.54) is 18.2 Å². The quantitative estimate of drug-likeness (QED) is 0.845. The number of nitrogens with zero attached hydrogens (tertiary/aromatic N) is 1. The van der Waals surface area contributed by atoms with E-state index in [2.05, 4.69) is 15.9 Å². The van der Waals surface area contributed by atoms with E-state index in [1.807, 2.05) is 0 Å². The van der Waals surface area contributed by atoms with Crippen LogP contribution < -0.4 is 4.90 Å². The smallest absolute Gasteiger partial charge is 0.336 e. The molecule has 1 heterocycles. The largest absolute Gasteiger partial charge is 0.478 e. The van der Waals surface area contributed by atoms with Crippen molar-refractivity contribution in [2.24, 2.45) is 0 Å². The molecular weight excluding hydrogens is 290 g/mol. The Morgan fingerprint density at radius 1 is 1.24 bits per heavy atom. The zero-order valence-electron chi connectivity index (χ0n) is 8.64. The molecule has 88 valence electrons. The number of carboxylic acid groups (broad SMARTS) is 1. The summed E-state index contributed by atoms with van der Waals surface area (Å²) < 4.78 is 0.410. The second kappa shape index (κ2) is 4.29. The van der Waals surface area contributed by atoms with Gasteiger partial charge in [0.05, 0.1) is 11.3 Å². The number of hydrogen-bond donors (Lipinski definition) is 1. The van der Waals surface area contributed by atoms with Crippen LogP contribution in [0, 0.1) is 0 Å². The maximum Gasteiger partial charge on any atom is 0.336 e. The Morgan fingerprint density at radius 2 is 1.82 bits per heavy atom. The van der Waals surface area contributed by atoms with Crippen molar-refractivity contribution >= 4 is 39.4 Å². The SMILES string of the molecule is O=C(O)c1cc(N2C(=O)CCC2=O)ccc1Br. The van der Waals surface area contributed by atoms with Crippen molar-refractivity contribution in [3.63, 3.8) is 0 Å². The fraction of sp³-hybridized carbons (Fsp3) is 0.182. The average molecular weight is 298 g/mol. The van der Waals surface area contributed by atoms with Gasteiger partial charge in [0.2, 0.25) is 11.8 Å². The molecule has 1 aliphatic heterocycles. The molecule has 1 saturated heterocycles. The summed E-state index contributed by atoms with van der Waals surface area (Å²) in [6, 6.07) is 4.36. The number of carbonyl (C=O) groups excluding carboxylic acids is 2. The molecule has 17 heavy (non-hydrogen) atoms. The average Bonchev–Trinajstić information content (AvgIpc) is 2.59. The Bertz CT molecular complexity index is 510. The van der Waals surface area contributed by atoms with Gasteiger partial charge in [-0.3, -0.25) is 14.5 Å². The molecule has 2 amide bonds. The molecule has 0 saturated carbocycles. The highest BCUT2D eigenvalue weighted by atomic mass is 79.9. The van der Waals surface area contributed by atoms with Crippen LogP contribution in [0.1, 0.15) is 23.2 Å². The number of rotatable bonds is 2. The molecule has 0 atom stereocenters. The Labute approximate surface area is 105 Å². The molecule has 0 unspecified atom stereocenters. The molecule has 1 aliphatic rings. The van der Waals surface area contributed by atoms with Crippen LogP contribution in [0.3, 0.4) is 0 Å². The first kappa shape index (κ1) is 11.8. The normalized spacial score (nSPS) is 15.5. The minimum Gasteiger partial charge on any atom is -0.478 e.